The van der Waals surface area contributed by atoms with E-state index in [1.54, 1.807) is 26.8 Å². The highest BCUT2D eigenvalue weighted by atomic mass is 32.2. The third-order valence-corrected chi connectivity index (χ3v) is 8.35. The van der Waals surface area contributed by atoms with E-state index in [0.717, 1.165) is 11.8 Å². The van der Waals surface area contributed by atoms with Crippen molar-refractivity contribution in [2.45, 2.75) is 76.0 Å². The Balaban J connectivity index is 1.87. The molecule has 0 radical (unpaired) electrons. The summed E-state index contributed by atoms with van der Waals surface area (Å²) in [6.07, 6.45) is 0.625. The summed E-state index contributed by atoms with van der Waals surface area (Å²) in [6.45, 7) is 7.01. The number of alkyl carbamates (subject to hydrolysis) is 1. The van der Waals surface area contributed by atoms with Crippen molar-refractivity contribution in [3.63, 3.8) is 0 Å². The lowest BCUT2D eigenvalue weighted by Gasteiger charge is -2.31. The van der Waals surface area contributed by atoms with Crippen molar-refractivity contribution in [3.05, 3.63) is 54.1 Å². The van der Waals surface area contributed by atoms with E-state index < -0.39 is 33.9 Å². The average Bonchev–Trinajstić information content (AvgIpc) is 3.37. The van der Waals surface area contributed by atoms with Crippen molar-refractivity contribution in [1.82, 2.24) is 9.62 Å². The van der Waals surface area contributed by atoms with Gasteiger partial charge in [-0.2, -0.15) is 4.31 Å². The summed E-state index contributed by atoms with van der Waals surface area (Å²) >= 11 is 0. The number of fused-ring (bicyclic) bond motifs is 1. The molecular weight excluding hydrogens is 536 g/mol. The van der Waals surface area contributed by atoms with Crippen LogP contribution in [0.2, 0.25) is 0 Å². The molecule has 1 aliphatic rings. The standard InChI is InChI=1S/C29H40N2O8S/c1-21(9-8-16-32)14-15-31(40(35,36)23-12-13-26-27(18-23)38-20-37-26)19-25(33)24(17-22-10-6-5-7-11-22)30-28(34)39-29(2,3)4/h5-7,10-13,16,18,21,24-25,33H,8-9,14-15,17,19-20H2,1-4H3,(H,30,34). The Morgan fingerprint density at radius 3 is 2.50 bits per heavy atom. The molecule has 3 rings (SSSR count). The first-order valence-corrected chi connectivity index (χ1v) is 14.9. The number of amides is 1. The molecule has 220 valence electrons. The lowest BCUT2D eigenvalue weighted by Crippen LogP contribution is -2.51. The lowest BCUT2D eigenvalue weighted by atomic mass is 10.0. The molecule has 1 heterocycles. The molecule has 0 saturated heterocycles. The van der Waals surface area contributed by atoms with Gasteiger partial charge in [-0.3, -0.25) is 0 Å². The minimum Gasteiger partial charge on any atom is -0.454 e. The van der Waals surface area contributed by atoms with Gasteiger partial charge in [0.15, 0.2) is 11.5 Å². The maximum atomic E-state index is 13.8. The topological polar surface area (TPSA) is 131 Å². The number of carbonyl (C=O) groups is 2. The largest absolute Gasteiger partial charge is 0.454 e. The van der Waals surface area contributed by atoms with Crippen LogP contribution in [0.25, 0.3) is 0 Å². The molecule has 0 aliphatic carbocycles. The number of rotatable bonds is 14. The van der Waals surface area contributed by atoms with Gasteiger partial charge in [0.25, 0.3) is 0 Å². The predicted octanol–water partition coefficient (Wildman–Crippen LogP) is 3.91. The van der Waals surface area contributed by atoms with E-state index >= 15 is 0 Å². The number of aldehydes is 1. The van der Waals surface area contributed by atoms with Gasteiger partial charge in [0.2, 0.25) is 16.8 Å². The molecule has 2 aromatic rings. The van der Waals surface area contributed by atoms with Crippen molar-refractivity contribution < 1.29 is 37.3 Å². The van der Waals surface area contributed by atoms with Crippen LogP contribution in [0.4, 0.5) is 4.79 Å². The first-order valence-electron chi connectivity index (χ1n) is 13.4. The van der Waals surface area contributed by atoms with Crippen LogP contribution in [0.5, 0.6) is 11.5 Å². The van der Waals surface area contributed by atoms with Crippen LogP contribution in [-0.4, -0.2) is 67.8 Å². The first-order chi connectivity index (χ1) is 18.9. The summed E-state index contributed by atoms with van der Waals surface area (Å²) in [5, 5.41) is 14.1. The number of aliphatic hydroxyl groups excluding tert-OH is 1. The summed E-state index contributed by atoms with van der Waals surface area (Å²) in [5.41, 5.74) is 0.105. The van der Waals surface area contributed by atoms with Crippen molar-refractivity contribution in [3.8, 4) is 11.5 Å². The maximum absolute atomic E-state index is 13.8. The van der Waals surface area contributed by atoms with Gasteiger partial charge in [0.05, 0.1) is 17.0 Å². The molecule has 0 spiro atoms. The predicted molar refractivity (Wildman–Crippen MR) is 150 cm³/mol. The van der Waals surface area contributed by atoms with Gasteiger partial charge >= 0.3 is 6.09 Å². The van der Waals surface area contributed by atoms with Gasteiger partial charge in [-0.25, -0.2) is 13.2 Å². The van der Waals surface area contributed by atoms with E-state index in [4.69, 9.17) is 14.2 Å². The Bertz CT molecular complexity index is 1230. The number of hydrogen-bond donors (Lipinski definition) is 2. The SMILES string of the molecule is CC(CCC=O)CCN(CC(O)C(Cc1ccccc1)NC(=O)OC(C)(C)C)S(=O)(=O)c1ccc2c(c1)OCO2. The number of ether oxygens (including phenoxy) is 3. The van der Waals surface area contributed by atoms with Gasteiger partial charge in [-0.05, 0) is 63.6 Å². The molecule has 0 saturated carbocycles. The summed E-state index contributed by atoms with van der Waals surface area (Å²) < 4.78 is 45.0. The van der Waals surface area contributed by atoms with Crippen molar-refractivity contribution in [1.29, 1.82) is 0 Å². The summed E-state index contributed by atoms with van der Waals surface area (Å²) in [6, 6.07) is 12.9. The molecule has 11 heteroatoms. The fourth-order valence-electron chi connectivity index (χ4n) is 4.30. The molecule has 3 unspecified atom stereocenters. The van der Waals surface area contributed by atoms with E-state index in [0.29, 0.717) is 30.8 Å². The van der Waals surface area contributed by atoms with E-state index in [2.05, 4.69) is 5.32 Å². The zero-order valence-electron chi connectivity index (χ0n) is 23.5. The Morgan fingerprint density at radius 2 is 1.82 bits per heavy atom. The van der Waals surface area contributed by atoms with E-state index in [-0.39, 0.29) is 37.1 Å². The van der Waals surface area contributed by atoms with Gasteiger partial charge in [0.1, 0.15) is 11.9 Å². The second-order valence-corrected chi connectivity index (χ2v) is 13.0. The fourth-order valence-corrected chi connectivity index (χ4v) is 5.79. The highest BCUT2D eigenvalue weighted by Crippen LogP contribution is 2.35. The zero-order chi connectivity index (χ0) is 29.3. The molecule has 1 amide bonds. The minimum atomic E-state index is -4.07. The van der Waals surface area contributed by atoms with Crippen LogP contribution in [0.3, 0.4) is 0 Å². The lowest BCUT2D eigenvalue weighted by molar-refractivity contribution is -0.108. The summed E-state index contributed by atoms with van der Waals surface area (Å²) in [5.74, 6) is 0.865. The monoisotopic (exact) mass is 576 g/mol. The van der Waals surface area contributed by atoms with Crippen molar-refractivity contribution in [2.75, 3.05) is 19.9 Å². The fraction of sp³-hybridized carbons (Fsp3) is 0.517. The average molecular weight is 577 g/mol. The van der Waals surface area contributed by atoms with Gasteiger partial charge in [0, 0.05) is 25.6 Å². The minimum absolute atomic E-state index is 0.00389. The molecule has 0 aromatic heterocycles. The van der Waals surface area contributed by atoms with E-state index in [1.165, 1.54) is 16.4 Å². The van der Waals surface area contributed by atoms with E-state index in [9.17, 15) is 23.1 Å². The highest BCUT2D eigenvalue weighted by Gasteiger charge is 2.33. The van der Waals surface area contributed by atoms with Crippen LogP contribution in [0.15, 0.2) is 53.4 Å². The molecule has 1 aliphatic heterocycles. The quantitative estimate of drug-likeness (QED) is 0.324. The zero-order valence-corrected chi connectivity index (χ0v) is 24.4. The smallest absolute Gasteiger partial charge is 0.407 e. The van der Waals surface area contributed by atoms with Crippen molar-refractivity contribution in [2.24, 2.45) is 5.92 Å². The van der Waals surface area contributed by atoms with Gasteiger partial charge in [-0.15, -0.1) is 0 Å². The van der Waals surface area contributed by atoms with Gasteiger partial charge in [-0.1, -0.05) is 37.3 Å². The molecule has 10 nitrogen and oxygen atoms in total. The van der Waals surface area contributed by atoms with Crippen molar-refractivity contribution >= 4 is 22.4 Å². The molecule has 0 bridgehead atoms. The molecule has 3 atom stereocenters. The van der Waals surface area contributed by atoms with Crippen LogP contribution >= 0.6 is 0 Å². The number of carbonyl (C=O) groups excluding carboxylic acids is 2. The Hall–Kier alpha value is -3.15. The third kappa shape index (κ3) is 9.21. The molecule has 2 N–H and O–H groups in total. The normalized spacial score (nSPS) is 15.3. The summed E-state index contributed by atoms with van der Waals surface area (Å²) in [4.78, 5) is 23.5. The number of hydrogen-bond acceptors (Lipinski definition) is 8. The molecule has 2 aromatic carbocycles. The second kappa shape index (κ2) is 14.0. The molecular formula is C29H40N2O8S. The highest BCUT2D eigenvalue weighted by molar-refractivity contribution is 7.89. The molecule has 0 fully saturated rings. The van der Waals surface area contributed by atoms with E-state index in [1.807, 2.05) is 37.3 Å². The Morgan fingerprint density at radius 1 is 1.12 bits per heavy atom. The van der Waals surface area contributed by atoms with Crippen LogP contribution in [-0.2, 0) is 26.0 Å². The number of nitrogens with zero attached hydrogens (tertiary/aromatic N) is 1. The van der Waals surface area contributed by atoms with Crippen LogP contribution in [0.1, 0.15) is 52.5 Å². The second-order valence-electron chi connectivity index (χ2n) is 11.0. The summed E-state index contributed by atoms with van der Waals surface area (Å²) in [7, 11) is -4.07. The third-order valence-electron chi connectivity index (χ3n) is 6.49. The number of benzene rings is 2. The number of nitrogens with one attached hydrogen (secondary N) is 1. The Labute approximate surface area is 236 Å². The van der Waals surface area contributed by atoms with Gasteiger partial charge < -0.3 is 29.4 Å². The Kier molecular flexibility index (Phi) is 11.0. The van der Waals surface area contributed by atoms with Crippen LogP contribution in [0, 0.1) is 5.92 Å². The molecule has 40 heavy (non-hydrogen) atoms. The number of aliphatic hydroxyl groups is 1. The van der Waals surface area contributed by atoms with Crippen LogP contribution < -0.4 is 14.8 Å². The first kappa shape index (κ1) is 31.4. The number of sulfonamides is 1. The maximum Gasteiger partial charge on any atom is 0.407 e.